The molecule has 1 fully saturated rings. The van der Waals surface area contributed by atoms with E-state index in [0.29, 0.717) is 12.5 Å². The standard InChI is InChI=1S/C15H18N2O2/c1-17(12-3-4-12)15(18)9-11-7-10-8-13(19-2)5-6-14(10)16-11/h5-8,12,16H,3-4,9H2,1-2H3. The van der Waals surface area contributed by atoms with E-state index in [-0.39, 0.29) is 5.91 Å². The van der Waals surface area contributed by atoms with Gasteiger partial charge in [-0.1, -0.05) is 0 Å². The molecule has 0 bridgehead atoms. The highest BCUT2D eigenvalue weighted by Gasteiger charge is 2.29. The summed E-state index contributed by atoms with van der Waals surface area (Å²) in [6, 6.07) is 8.37. The zero-order valence-electron chi connectivity index (χ0n) is 11.3. The quantitative estimate of drug-likeness (QED) is 0.915. The number of fused-ring (bicyclic) bond motifs is 1. The summed E-state index contributed by atoms with van der Waals surface area (Å²) in [5, 5.41) is 1.08. The molecule has 3 rings (SSSR count). The van der Waals surface area contributed by atoms with Crippen molar-refractivity contribution in [3.8, 4) is 5.75 Å². The lowest BCUT2D eigenvalue weighted by Crippen LogP contribution is -2.30. The SMILES string of the molecule is COc1ccc2[nH]c(CC(=O)N(C)C3CC3)cc2c1. The number of carbonyl (C=O) groups excluding carboxylic acids is 1. The maximum Gasteiger partial charge on any atom is 0.228 e. The molecular formula is C15H18N2O2. The predicted octanol–water partition coefficient (Wildman–Crippen LogP) is 2.34. The van der Waals surface area contributed by atoms with E-state index in [2.05, 4.69) is 4.98 Å². The molecule has 2 aromatic rings. The van der Waals surface area contributed by atoms with Crippen molar-refractivity contribution in [1.29, 1.82) is 0 Å². The highest BCUT2D eigenvalue weighted by Crippen LogP contribution is 2.26. The Labute approximate surface area is 112 Å². The molecular weight excluding hydrogens is 240 g/mol. The van der Waals surface area contributed by atoms with Crippen LogP contribution in [0.25, 0.3) is 10.9 Å². The third kappa shape index (κ3) is 2.43. The van der Waals surface area contributed by atoms with Crippen LogP contribution in [-0.2, 0) is 11.2 Å². The van der Waals surface area contributed by atoms with Crippen LogP contribution < -0.4 is 4.74 Å². The van der Waals surface area contributed by atoms with Gasteiger partial charge in [-0.15, -0.1) is 0 Å². The van der Waals surface area contributed by atoms with E-state index in [1.54, 1.807) is 7.11 Å². The minimum atomic E-state index is 0.182. The van der Waals surface area contributed by atoms with Gasteiger partial charge in [-0.2, -0.15) is 0 Å². The summed E-state index contributed by atoms with van der Waals surface area (Å²) in [6.45, 7) is 0. The first kappa shape index (κ1) is 12.1. The zero-order valence-corrected chi connectivity index (χ0v) is 11.3. The number of ether oxygens (including phenoxy) is 1. The molecule has 0 atom stereocenters. The Morgan fingerprint density at radius 2 is 2.21 bits per heavy atom. The van der Waals surface area contributed by atoms with E-state index in [1.807, 2.05) is 36.2 Å². The lowest BCUT2D eigenvalue weighted by Gasteiger charge is -2.15. The largest absolute Gasteiger partial charge is 0.497 e. The zero-order chi connectivity index (χ0) is 13.4. The summed E-state index contributed by atoms with van der Waals surface area (Å²) in [5.74, 6) is 1.01. The fourth-order valence-corrected chi connectivity index (χ4v) is 2.35. The molecule has 4 heteroatoms. The fraction of sp³-hybridized carbons (Fsp3) is 0.400. The first-order valence-electron chi connectivity index (χ1n) is 6.58. The maximum atomic E-state index is 12.1. The number of rotatable bonds is 4. The summed E-state index contributed by atoms with van der Waals surface area (Å²) in [4.78, 5) is 17.2. The van der Waals surface area contributed by atoms with Crippen LogP contribution in [0.5, 0.6) is 5.75 Å². The van der Waals surface area contributed by atoms with Crippen LogP contribution in [0.4, 0.5) is 0 Å². The molecule has 1 aliphatic carbocycles. The van der Waals surface area contributed by atoms with Crippen molar-refractivity contribution in [1.82, 2.24) is 9.88 Å². The molecule has 0 saturated heterocycles. The molecule has 0 unspecified atom stereocenters. The van der Waals surface area contributed by atoms with Crippen molar-refractivity contribution in [2.75, 3.05) is 14.2 Å². The van der Waals surface area contributed by atoms with Crippen molar-refractivity contribution < 1.29 is 9.53 Å². The van der Waals surface area contributed by atoms with E-state index >= 15 is 0 Å². The molecule has 19 heavy (non-hydrogen) atoms. The van der Waals surface area contributed by atoms with E-state index in [4.69, 9.17) is 4.74 Å². The van der Waals surface area contributed by atoms with Gasteiger partial charge in [0, 0.05) is 29.7 Å². The molecule has 1 saturated carbocycles. The molecule has 0 spiro atoms. The Bertz CT molecular complexity index is 614. The third-order valence-electron chi connectivity index (χ3n) is 3.71. The average molecular weight is 258 g/mol. The van der Waals surface area contributed by atoms with Gasteiger partial charge in [0.1, 0.15) is 5.75 Å². The third-order valence-corrected chi connectivity index (χ3v) is 3.71. The fourth-order valence-electron chi connectivity index (χ4n) is 2.35. The minimum Gasteiger partial charge on any atom is -0.497 e. The summed E-state index contributed by atoms with van der Waals surface area (Å²) < 4.78 is 5.20. The summed E-state index contributed by atoms with van der Waals surface area (Å²) >= 11 is 0. The minimum absolute atomic E-state index is 0.182. The van der Waals surface area contributed by atoms with Gasteiger partial charge in [0.15, 0.2) is 0 Å². The maximum absolute atomic E-state index is 12.1. The number of nitrogens with zero attached hydrogens (tertiary/aromatic N) is 1. The van der Waals surface area contributed by atoms with E-state index < -0.39 is 0 Å². The van der Waals surface area contributed by atoms with Crippen molar-refractivity contribution in [2.24, 2.45) is 0 Å². The Morgan fingerprint density at radius 1 is 1.42 bits per heavy atom. The summed E-state index contributed by atoms with van der Waals surface area (Å²) in [5.41, 5.74) is 2.00. The van der Waals surface area contributed by atoms with Gasteiger partial charge in [-0.3, -0.25) is 4.79 Å². The topological polar surface area (TPSA) is 45.3 Å². The van der Waals surface area contributed by atoms with Gasteiger partial charge in [-0.25, -0.2) is 0 Å². The van der Waals surface area contributed by atoms with Crippen LogP contribution >= 0.6 is 0 Å². The smallest absolute Gasteiger partial charge is 0.228 e. The number of aromatic nitrogens is 1. The molecule has 0 aliphatic heterocycles. The lowest BCUT2D eigenvalue weighted by molar-refractivity contribution is -0.129. The average Bonchev–Trinajstić information content (AvgIpc) is 3.18. The van der Waals surface area contributed by atoms with E-state index in [9.17, 15) is 4.79 Å². The first-order valence-corrected chi connectivity index (χ1v) is 6.58. The van der Waals surface area contributed by atoms with Crippen LogP contribution in [0, 0.1) is 0 Å². The second kappa shape index (κ2) is 4.61. The molecule has 1 aliphatic rings. The van der Waals surface area contributed by atoms with E-state index in [1.165, 1.54) is 0 Å². The molecule has 0 radical (unpaired) electrons. The number of hydrogen-bond acceptors (Lipinski definition) is 2. The van der Waals surface area contributed by atoms with Crippen LogP contribution in [0.3, 0.4) is 0 Å². The second-order valence-electron chi connectivity index (χ2n) is 5.16. The van der Waals surface area contributed by atoms with Gasteiger partial charge >= 0.3 is 0 Å². The molecule has 1 aromatic heterocycles. The number of benzene rings is 1. The van der Waals surface area contributed by atoms with Gasteiger partial charge in [-0.05, 0) is 37.1 Å². The Balaban J connectivity index is 1.79. The van der Waals surface area contributed by atoms with Crippen molar-refractivity contribution in [3.05, 3.63) is 30.0 Å². The normalized spacial score (nSPS) is 14.6. The number of likely N-dealkylation sites (N-methyl/N-ethyl adjacent to an activating group) is 1. The number of nitrogens with one attached hydrogen (secondary N) is 1. The number of carbonyl (C=O) groups is 1. The Hall–Kier alpha value is -1.97. The second-order valence-corrected chi connectivity index (χ2v) is 5.16. The van der Waals surface area contributed by atoms with Crippen molar-refractivity contribution in [2.45, 2.75) is 25.3 Å². The van der Waals surface area contributed by atoms with Crippen LogP contribution in [-0.4, -0.2) is 36.0 Å². The molecule has 1 amide bonds. The Kier molecular flexibility index (Phi) is 2.93. The number of hydrogen-bond donors (Lipinski definition) is 1. The molecule has 100 valence electrons. The molecule has 1 heterocycles. The first-order chi connectivity index (χ1) is 9.17. The van der Waals surface area contributed by atoms with Crippen molar-refractivity contribution in [3.63, 3.8) is 0 Å². The van der Waals surface area contributed by atoms with Gasteiger partial charge in [0.05, 0.1) is 13.5 Å². The Morgan fingerprint density at radius 3 is 2.89 bits per heavy atom. The van der Waals surface area contributed by atoms with Gasteiger partial charge in [0.2, 0.25) is 5.91 Å². The number of aromatic amines is 1. The number of methoxy groups -OCH3 is 1. The molecule has 1 aromatic carbocycles. The lowest BCUT2D eigenvalue weighted by atomic mass is 10.2. The van der Waals surface area contributed by atoms with Gasteiger partial charge in [0.25, 0.3) is 0 Å². The van der Waals surface area contributed by atoms with Crippen molar-refractivity contribution >= 4 is 16.8 Å². The summed E-state index contributed by atoms with van der Waals surface area (Å²) in [7, 11) is 3.55. The predicted molar refractivity (Wildman–Crippen MR) is 74.3 cm³/mol. The number of amides is 1. The van der Waals surface area contributed by atoms with Crippen LogP contribution in [0.2, 0.25) is 0 Å². The molecule has 4 nitrogen and oxygen atoms in total. The van der Waals surface area contributed by atoms with Gasteiger partial charge < -0.3 is 14.6 Å². The monoisotopic (exact) mass is 258 g/mol. The highest BCUT2D eigenvalue weighted by molar-refractivity contribution is 5.85. The number of H-pyrrole nitrogens is 1. The van der Waals surface area contributed by atoms with Crippen LogP contribution in [0.15, 0.2) is 24.3 Å². The highest BCUT2D eigenvalue weighted by atomic mass is 16.5. The molecule has 1 N–H and O–H groups in total. The van der Waals surface area contributed by atoms with E-state index in [0.717, 1.165) is 35.2 Å². The van der Waals surface area contributed by atoms with Crippen LogP contribution in [0.1, 0.15) is 18.5 Å². The summed E-state index contributed by atoms with van der Waals surface area (Å²) in [6.07, 6.45) is 2.72.